The first-order chi connectivity index (χ1) is 13.4. The Labute approximate surface area is 164 Å². The standard InChI is InChI=1S/C22H26FN3O2/c1-15(17-9-11-19(23)12-10-17)26(2)22(28)24-14-16-5-3-8-20(13-16)25-21(27)18-6-4-7-18/h3,5,8-13,15,18H,4,6-7,14H2,1-2H3,(H,24,28)(H,25,27). The molecule has 5 nitrogen and oxygen atoms in total. The van der Waals surface area contributed by atoms with Crippen LogP contribution in [-0.2, 0) is 11.3 Å². The van der Waals surface area contributed by atoms with Gasteiger partial charge in [0.05, 0.1) is 6.04 Å². The van der Waals surface area contributed by atoms with E-state index in [9.17, 15) is 14.0 Å². The molecule has 0 bridgehead atoms. The first-order valence-electron chi connectivity index (χ1n) is 9.60. The predicted molar refractivity (Wildman–Crippen MR) is 107 cm³/mol. The molecule has 2 aromatic rings. The second kappa shape index (κ2) is 8.87. The van der Waals surface area contributed by atoms with Crippen LogP contribution in [-0.4, -0.2) is 23.9 Å². The third-order valence-electron chi connectivity index (χ3n) is 5.37. The summed E-state index contributed by atoms with van der Waals surface area (Å²) in [6.45, 7) is 2.25. The lowest BCUT2D eigenvalue weighted by Gasteiger charge is -2.26. The fraction of sp³-hybridized carbons (Fsp3) is 0.364. The van der Waals surface area contributed by atoms with Gasteiger partial charge in [0.15, 0.2) is 0 Å². The summed E-state index contributed by atoms with van der Waals surface area (Å²) in [6, 6.07) is 13.2. The van der Waals surface area contributed by atoms with Crippen LogP contribution in [0.3, 0.4) is 0 Å². The molecule has 1 unspecified atom stereocenters. The van der Waals surface area contributed by atoms with Gasteiger partial charge >= 0.3 is 6.03 Å². The fourth-order valence-corrected chi connectivity index (χ4v) is 3.12. The molecule has 0 radical (unpaired) electrons. The molecule has 0 saturated heterocycles. The highest BCUT2D eigenvalue weighted by Crippen LogP contribution is 2.27. The number of nitrogens with one attached hydrogen (secondary N) is 2. The van der Waals surface area contributed by atoms with Gasteiger partial charge in [-0.15, -0.1) is 0 Å². The summed E-state index contributed by atoms with van der Waals surface area (Å²) in [5, 5.41) is 5.83. The number of rotatable bonds is 6. The number of amides is 3. The molecule has 3 amide bonds. The Kier molecular flexibility index (Phi) is 6.29. The smallest absolute Gasteiger partial charge is 0.317 e. The molecule has 6 heteroatoms. The third-order valence-corrected chi connectivity index (χ3v) is 5.37. The van der Waals surface area contributed by atoms with Crippen molar-refractivity contribution in [2.75, 3.05) is 12.4 Å². The number of benzene rings is 2. The van der Waals surface area contributed by atoms with Crippen LogP contribution in [0.2, 0.25) is 0 Å². The van der Waals surface area contributed by atoms with Crippen LogP contribution in [0.25, 0.3) is 0 Å². The summed E-state index contributed by atoms with van der Waals surface area (Å²) >= 11 is 0. The first-order valence-corrected chi connectivity index (χ1v) is 9.60. The van der Waals surface area contributed by atoms with Crippen molar-refractivity contribution in [3.8, 4) is 0 Å². The number of carbonyl (C=O) groups is 2. The molecule has 28 heavy (non-hydrogen) atoms. The van der Waals surface area contributed by atoms with Crippen LogP contribution in [0.1, 0.15) is 43.4 Å². The van der Waals surface area contributed by atoms with Crippen molar-refractivity contribution in [1.82, 2.24) is 10.2 Å². The molecule has 0 aliphatic heterocycles. The molecule has 0 heterocycles. The number of nitrogens with zero attached hydrogens (tertiary/aromatic N) is 1. The monoisotopic (exact) mass is 383 g/mol. The van der Waals surface area contributed by atoms with Gasteiger partial charge < -0.3 is 15.5 Å². The molecule has 2 N–H and O–H groups in total. The van der Waals surface area contributed by atoms with E-state index in [4.69, 9.17) is 0 Å². The van der Waals surface area contributed by atoms with E-state index in [2.05, 4.69) is 10.6 Å². The van der Waals surface area contributed by atoms with Crippen molar-refractivity contribution in [1.29, 1.82) is 0 Å². The van der Waals surface area contributed by atoms with E-state index >= 15 is 0 Å². The Morgan fingerprint density at radius 3 is 2.54 bits per heavy atom. The Morgan fingerprint density at radius 1 is 1.18 bits per heavy atom. The van der Waals surface area contributed by atoms with E-state index in [0.717, 1.165) is 36.1 Å². The molecule has 0 aromatic heterocycles. The molecular weight excluding hydrogens is 357 g/mol. The van der Waals surface area contributed by atoms with Crippen molar-refractivity contribution < 1.29 is 14.0 Å². The summed E-state index contributed by atoms with van der Waals surface area (Å²) < 4.78 is 13.1. The first kappa shape index (κ1) is 19.9. The molecule has 1 aliphatic rings. The van der Waals surface area contributed by atoms with Gasteiger partial charge in [-0.05, 0) is 55.2 Å². The van der Waals surface area contributed by atoms with Crippen LogP contribution in [0.4, 0.5) is 14.9 Å². The molecule has 1 saturated carbocycles. The third kappa shape index (κ3) is 4.88. The molecule has 1 aliphatic carbocycles. The second-order valence-corrected chi connectivity index (χ2v) is 7.31. The molecule has 0 spiro atoms. The summed E-state index contributed by atoms with van der Waals surface area (Å²) in [7, 11) is 1.71. The van der Waals surface area contributed by atoms with Crippen molar-refractivity contribution in [3.05, 3.63) is 65.5 Å². The van der Waals surface area contributed by atoms with Gasteiger partial charge in [-0.2, -0.15) is 0 Å². The quantitative estimate of drug-likeness (QED) is 0.773. The van der Waals surface area contributed by atoms with Gasteiger partial charge in [-0.3, -0.25) is 4.79 Å². The highest BCUT2D eigenvalue weighted by Gasteiger charge is 2.25. The topological polar surface area (TPSA) is 61.4 Å². The Morgan fingerprint density at radius 2 is 1.89 bits per heavy atom. The van der Waals surface area contributed by atoms with Gasteiger partial charge in [-0.25, -0.2) is 9.18 Å². The zero-order chi connectivity index (χ0) is 20.1. The van der Waals surface area contributed by atoms with Crippen molar-refractivity contribution in [3.63, 3.8) is 0 Å². The predicted octanol–water partition coefficient (Wildman–Crippen LogP) is 4.47. The second-order valence-electron chi connectivity index (χ2n) is 7.31. The highest BCUT2D eigenvalue weighted by atomic mass is 19.1. The largest absolute Gasteiger partial charge is 0.334 e. The zero-order valence-corrected chi connectivity index (χ0v) is 16.2. The van der Waals surface area contributed by atoms with Gasteiger partial charge in [0.25, 0.3) is 0 Å². The molecule has 1 fully saturated rings. The summed E-state index contributed by atoms with van der Waals surface area (Å²) in [4.78, 5) is 26.1. The van der Waals surface area contributed by atoms with Crippen molar-refractivity contribution in [2.24, 2.45) is 5.92 Å². The number of hydrogen-bond donors (Lipinski definition) is 2. The minimum Gasteiger partial charge on any atom is -0.334 e. The summed E-state index contributed by atoms with van der Waals surface area (Å²) in [6.07, 6.45) is 3.04. The average Bonchev–Trinajstić information content (AvgIpc) is 2.64. The van der Waals surface area contributed by atoms with Gasteiger partial charge in [0.2, 0.25) is 5.91 Å². The number of anilines is 1. The van der Waals surface area contributed by atoms with Gasteiger partial charge in [0.1, 0.15) is 5.82 Å². The minimum atomic E-state index is -0.299. The number of urea groups is 1. The fourth-order valence-electron chi connectivity index (χ4n) is 3.12. The number of carbonyl (C=O) groups excluding carboxylic acids is 2. The van der Waals surface area contributed by atoms with E-state index in [1.165, 1.54) is 12.1 Å². The van der Waals surface area contributed by atoms with Crippen molar-refractivity contribution in [2.45, 2.75) is 38.8 Å². The van der Waals surface area contributed by atoms with Crippen LogP contribution < -0.4 is 10.6 Å². The average molecular weight is 383 g/mol. The summed E-state index contributed by atoms with van der Waals surface area (Å²) in [5.74, 6) is -0.0995. The maximum atomic E-state index is 13.1. The number of hydrogen-bond acceptors (Lipinski definition) is 2. The number of halogens is 1. The normalized spacial score (nSPS) is 14.7. The maximum absolute atomic E-state index is 13.1. The minimum absolute atomic E-state index is 0.0697. The molecule has 3 rings (SSSR count). The van der Waals surface area contributed by atoms with Crippen LogP contribution >= 0.6 is 0 Å². The zero-order valence-electron chi connectivity index (χ0n) is 16.2. The van der Waals surface area contributed by atoms with E-state index < -0.39 is 0 Å². The van der Waals surface area contributed by atoms with E-state index in [1.54, 1.807) is 24.1 Å². The van der Waals surface area contributed by atoms with Crippen LogP contribution in [0.15, 0.2) is 48.5 Å². The maximum Gasteiger partial charge on any atom is 0.317 e. The Balaban J connectivity index is 1.54. The van der Waals surface area contributed by atoms with Crippen LogP contribution in [0, 0.1) is 11.7 Å². The molecule has 148 valence electrons. The lowest BCUT2D eigenvalue weighted by atomic mass is 9.85. The highest BCUT2D eigenvalue weighted by molar-refractivity contribution is 5.93. The van der Waals surface area contributed by atoms with E-state index in [-0.39, 0.29) is 29.7 Å². The van der Waals surface area contributed by atoms with Crippen LogP contribution in [0.5, 0.6) is 0 Å². The lowest BCUT2D eigenvalue weighted by Crippen LogP contribution is -2.38. The van der Waals surface area contributed by atoms with E-state index in [1.807, 2.05) is 31.2 Å². The molecule has 2 aromatic carbocycles. The summed E-state index contributed by atoms with van der Waals surface area (Å²) in [5.41, 5.74) is 2.51. The van der Waals surface area contributed by atoms with Crippen molar-refractivity contribution >= 4 is 17.6 Å². The molecular formula is C22H26FN3O2. The molecule has 1 atom stereocenters. The van der Waals surface area contributed by atoms with E-state index in [0.29, 0.717) is 6.54 Å². The Hall–Kier alpha value is -2.89. The lowest BCUT2D eigenvalue weighted by molar-refractivity contribution is -0.122. The van der Waals surface area contributed by atoms with Gasteiger partial charge in [0, 0.05) is 25.2 Å². The SMILES string of the molecule is CC(c1ccc(F)cc1)N(C)C(=O)NCc1cccc(NC(=O)C2CCC2)c1. The van der Waals surface area contributed by atoms with Gasteiger partial charge in [-0.1, -0.05) is 30.7 Å². The Bertz CT molecular complexity index is 834.